The molecule has 1 aliphatic heterocycles. The number of nitrogens with zero attached hydrogens (tertiary/aromatic N) is 3. The Kier molecular flexibility index (Phi) is 4.92. The number of rotatable bonds is 4. The van der Waals surface area contributed by atoms with E-state index in [2.05, 4.69) is 25.5 Å². The molecule has 1 saturated heterocycles. The first-order chi connectivity index (χ1) is 11.2. The van der Waals surface area contributed by atoms with Gasteiger partial charge in [0.2, 0.25) is 0 Å². The van der Waals surface area contributed by atoms with Gasteiger partial charge in [-0.15, -0.1) is 0 Å². The van der Waals surface area contributed by atoms with Crippen LogP contribution in [0.3, 0.4) is 0 Å². The quantitative estimate of drug-likeness (QED) is 0.903. The van der Waals surface area contributed by atoms with E-state index in [-0.39, 0.29) is 12.6 Å². The van der Waals surface area contributed by atoms with Gasteiger partial charge in [-0.05, 0) is 31.0 Å². The number of aromatic nitrogens is 2. The summed E-state index contributed by atoms with van der Waals surface area (Å²) in [7, 11) is 0. The first kappa shape index (κ1) is 15.6. The van der Waals surface area contributed by atoms with E-state index in [9.17, 15) is 4.79 Å². The highest BCUT2D eigenvalue weighted by molar-refractivity contribution is 6.33. The normalized spacial score (nSPS) is 13.9. The molecule has 1 fully saturated rings. The Morgan fingerprint density at radius 1 is 1.22 bits per heavy atom. The lowest BCUT2D eigenvalue weighted by molar-refractivity contribution is 0.251. The summed E-state index contributed by atoms with van der Waals surface area (Å²) in [6.07, 6.45) is 4.11. The largest absolute Gasteiger partial charge is 0.357 e. The summed E-state index contributed by atoms with van der Waals surface area (Å²) in [6, 6.07) is 8.64. The summed E-state index contributed by atoms with van der Waals surface area (Å²) in [4.78, 5) is 22.9. The van der Waals surface area contributed by atoms with Crippen molar-refractivity contribution in [1.29, 1.82) is 0 Å². The zero-order valence-corrected chi connectivity index (χ0v) is 13.4. The minimum Gasteiger partial charge on any atom is -0.357 e. The van der Waals surface area contributed by atoms with Crippen LogP contribution in [0.15, 0.2) is 36.5 Å². The van der Waals surface area contributed by atoms with Crippen molar-refractivity contribution in [2.75, 3.05) is 23.3 Å². The van der Waals surface area contributed by atoms with Crippen LogP contribution in [0.4, 0.5) is 16.3 Å². The zero-order chi connectivity index (χ0) is 16.1. The standard InChI is InChI=1S/C16H18ClN5O/c17-12-5-1-2-6-13(12)20-16(23)19-11-14-18-8-7-15(21-14)22-9-3-4-10-22/h1-2,5-8H,3-4,9-11H2,(H2,19,20,23). The van der Waals surface area contributed by atoms with E-state index < -0.39 is 0 Å². The fourth-order valence-electron chi connectivity index (χ4n) is 2.48. The lowest BCUT2D eigenvalue weighted by atomic mass is 10.3. The molecule has 6 nitrogen and oxygen atoms in total. The van der Waals surface area contributed by atoms with Crippen molar-refractivity contribution < 1.29 is 4.79 Å². The molecule has 1 aliphatic rings. The average Bonchev–Trinajstić information content (AvgIpc) is 3.10. The van der Waals surface area contributed by atoms with Crippen molar-refractivity contribution in [2.24, 2.45) is 0 Å². The highest BCUT2D eigenvalue weighted by Crippen LogP contribution is 2.20. The smallest absolute Gasteiger partial charge is 0.319 e. The van der Waals surface area contributed by atoms with Crippen LogP contribution in [-0.4, -0.2) is 29.1 Å². The molecule has 2 amide bonds. The Balaban J connectivity index is 1.56. The van der Waals surface area contributed by atoms with E-state index in [0.717, 1.165) is 18.9 Å². The number of hydrogen-bond donors (Lipinski definition) is 2. The summed E-state index contributed by atoms with van der Waals surface area (Å²) >= 11 is 6.01. The predicted molar refractivity (Wildman–Crippen MR) is 90.8 cm³/mol. The molecule has 23 heavy (non-hydrogen) atoms. The number of benzene rings is 1. The molecule has 2 heterocycles. The number of carbonyl (C=O) groups is 1. The van der Waals surface area contributed by atoms with Crippen molar-refractivity contribution in [3.8, 4) is 0 Å². The molecule has 3 rings (SSSR count). The van der Waals surface area contributed by atoms with Gasteiger partial charge in [0.1, 0.15) is 11.6 Å². The molecule has 2 aromatic rings. The van der Waals surface area contributed by atoms with Gasteiger partial charge in [-0.1, -0.05) is 23.7 Å². The van der Waals surface area contributed by atoms with Crippen molar-refractivity contribution in [3.63, 3.8) is 0 Å². The van der Waals surface area contributed by atoms with Crippen LogP contribution < -0.4 is 15.5 Å². The number of urea groups is 1. The minimum atomic E-state index is -0.340. The Labute approximate surface area is 139 Å². The van der Waals surface area contributed by atoms with Crippen molar-refractivity contribution >= 4 is 29.1 Å². The maximum Gasteiger partial charge on any atom is 0.319 e. The monoisotopic (exact) mass is 331 g/mol. The summed E-state index contributed by atoms with van der Waals surface area (Å²) in [5.41, 5.74) is 0.568. The van der Waals surface area contributed by atoms with E-state index in [1.54, 1.807) is 18.3 Å². The van der Waals surface area contributed by atoms with E-state index in [0.29, 0.717) is 16.5 Å². The minimum absolute atomic E-state index is 0.262. The molecule has 0 bridgehead atoms. The van der Waals surface area contributed by atoms with Crippen molar-refractivity contribution in [1.82, 2.24) is 15.3 Å². The molecular weight excluding hydrogens is 314 g/mol. The number of anilines is 2. The van der Waals surface area contributed by atoms with Crippen LogP contribution in [0.1, 0.15) is 18.7 Å². The highest BCUT2D eigenvalue weighted by Gasteiger charge is 2.14. The average molecular weight is 332 g/mol. The van der Waals surface area contributed by atoms with Gasteiger partial charge in [0, 0.05) is 19.3 Å². The SMILES string of the molecule is O=C(NCc1nccc(N2CCCC2)n1)Nc1ccccc1Cl. The fraction of sp³-hybridized carbons (Fsp3) is 0.312. The second-order valence-corrected chi connectivity index (χ2v) is 5.72. The maximum absolute atomic E-state index is 11.9. The van der Waals surface area contributed by atoms with Gasteiger partial charge in [0.25, 0.3) is 0 Å². The van der Waals surface area contributed by atoms with E-state index in [4.69, 9.17) is 11.6 Å². The molecule has 7 heteroatoms. The molecule has 0 unspecified atom stereocenters. The molecular formula is C16H18ClN5O. The van der Waals surface area contributed by atoms with Crippen LogP contribution in [0.2, 0.25) is 5.02 Å². The molecule has 0 atom stereocenters. The number of carbonyl (C=O) groups excluding carboxylic acids is 1. The third-order valence-corrected chi connectivity index (χ3v) is 3.98. The van der Waals surface area contributed by atoms with Crippen LogP contribution >= 0.6 is 11.6 Å². The molecule has 0 radical (unpaired) electrons. The molecule has 0 aliphatic carbocycles. The number of hydrogen-bond acceptors (Lipinski definition) is 4. The van der Waals surface area contributed by atoms with Crippen LogP contribution in [0.25, 0.3) is 0 Å². The third kappa shape index (κ3) is 4.10. The molecule has 120 valence electrons. The Morgan fingerprint density at radius 3 is 2.78 bits per heavy atom. The van der Waals surface area contributed by atoms with Gasteiger partial charge in [0.05, 0.1) is 17.3 Å². The topological polar surface area (TPSA) is 70.2 Å². The Hall–Kier alpha value is -2.34. The molecule has 1 aromatic carbocycles. The van der Waals surface area contributed by atoms with Crippen LogP contribution in [0.5, 0.6) is 0 Å². The molecule has 1 aromatic heterocycles. The lowest BCUT2D eigenvalue weighted by Gasteiger charge is -2.16. The van der Waals surface area contributed by atoms with Gasteiger partial charge in [-0.2, -0.15) is 0 Å². The molecule has 0 spiro atoms. The van der Waals surface area contributed by atoms with Gasteiger partial charge in [-0.3, -0.25) is 0 Å². The summed E-state index contributed by atoms with van der Waals surface area (Å²) in [6.45, 7) is 2.31. The van der Waals surface area contributed by atoms with E-state index >= 15 is 0 Å². The summed E-state index contributed by atoms with van der Waals surface area (Å²) in [5, 5.41) is 5.94. The third-order valence-electron chi connectivity index (χ3n) is 3.65. The Bertz CT molecular complexity index is 688. The van der Waals surface area contributed by atoms with Gasteiger partial charge in [0.15, 0.2) is 0 Å². The predicted octanol–water partition coefficient (Wildman–Crippen LogP) is 3.05. The second kappa shape index (κ2) is 7.28. The number of nitrogens with one attached hydrogen (secondary N) is 2. The van der Waals surface area contributed by atoms with Gasteiger partial charge < -0.3 is 15.5 Å². The zero-order valence-electron chi connectivity index (χ0n) is 12.6. The van der Waals surface area contributed by atoms with Gasteiger partial charge in [-0.25, -0.2) is 14.8 Å². The number of amides is 2. The summed E-state index contributed by atoms with van der Waals surface area (Å²) < 4.78 is 0. The van der Waals surface area contributed by atoms with Crippen molar-refractivity contribution in [3.05, 3.63) is 47.4 Å². The number of halogens is 1. The lowest BCUT2D eigenvalue weighted by Crippen LogP contribution is -2.29. The van der Waals surface area contributed by atoms with E-state index in [1.165, 1.54) is 12.8 Å². The molecule has 2 N–H and O–H groups in total. The summed E-state index contributed by atoms with van der Waals surface area (Å²) in [5.74, 6) is 1.50. The molecule has 0 saturated carbocycles. The van der Waals surface area contributed by atoms with Gasteiger partial charge >= 0.3 is 6.03 Å². The Morgan fingerprint density at radius 2 is 2.00 bits per heavy atom. The first-order valence-corrected chi connectivity index (χ1v) is 7.96. The van der Waals surface area contributed by atoms with E-state index in [1.807, 2.05) is 18.2 Å². The van der Waals surface area contributed by atoms with Crippen LogP contribution in [0, 0.1) is 0 Å². The second-order valence-electron chi connectivity index (χ2n) is 5.31. The highest BCUT2D eigenvalue weighted by atomic mass is 35.5. The fourth-order valence-corrected chi connectivity index (χ4v) is 2.67. The first-order valence-electron chi connectivity index (χ1n) is 7.58. The maximum atomic E-state index is 11.9. The van der Waals surface area contributed by atoms with Crippen LogP contribution in [-0.2, 0) is 6.54 Å². The van der Waals surface area contributed by atoms with Crippen molar-refractivity contribution in [2.45, 2.75) is 19.4 Å². The number of para-hydroxylation sites is 1.